The van der Waals surface area contributed by atoms with Gasteiger partial charge in [-0.05, 0) is 48.9 Å². The molecule has 1 aliphatic carbocycles. The lowest BCUT2D eigenvalue weighted by atomic mass is 10.1. The average molecular weight is 492 g/mol. The summed E-state index contributed by atoms with van der Waals surface area (Å²) in [7, 11) is 0. The Morgan fingerprint density at radius 3 is 2.55 bits per heavy atom. The van der Waals surface area contributed by atoms with E-state index < -0.39 is 0 Å². The van der Waals surface area contributed by atoms with Crippen LogP contribution in [0.25, 0.3) is 23.0 Å². The van der Waals surface area contributed by atoms with Gasteiger partial charge >= 0.3 is 0 Å². The van der Waals surface area contributed by atoms with Gasteiger partial charge in [-0.1, -0.05) is 74.1 Å². The molecule has 0 N–H and O–H groups in total. The normalized spacial score (nSPS) is 18.1. The quantitative estimate of drug-likeness (QED) is 0.215. The summed E-state index contributed by atoms with van der Waals surface area (Å²) in [6.07, 6.45) is 8.38. The van der Waals surface area contributed by atoms with Gasteiger partial charge < -0.3 is 0 Å². The van der Waals surface area contributed by atoms with Crippen molar-refractivity contribution in [3.05, 3.63) is 71.3 Å². The SMILES string of the molecule is CCSc1ccc(-c2nn(-c3ccccc3)cc2C=C2SC(=S)N(C3CCCC3)C2=O)cc1. The molecule has 0 bridgehead atoms. The molecule has 0 radical (unpaired) electrons. The van der Waals surface area contributed by atoms with Crippen LogP contribution in [0.2, 0.25) is 0 Å². The molecule has 0 unspecified atom stereocenters. The number of para-hydroxylation sites is 1. The van der Waals surface area contributed by atoms with Crippen molar-refractivity contribution >= 4 is 52.0 Å². The molecule has 1 aliphatic heterocycles. The topological polar surface area (TPSA) is 38.1 Å². The van der Waals surface area contributed by atoms with Crippen molar-refractivity contribution in [1.82, 2.24) is 14.7 Å². The van der Waals surface area contributed by atoms with Gasteiger partial charge in [0.1, 0.15) is 4.32 Å². The smallest absolute Gasteiger partial charge is 0.266 e. The Bertz CT molecular complexity index is 1200. The van der Waals surface area contributed by atoms with Crippen LogP contribution in [0.3, 0.4) is 0 Å². The number of benzene rings is 2. The zero-order valence-electron chi connectivity index (χ0n) is 18.4. The first-order chi connectivity index (χ1) is 16.1. The Balaban J connectivity index is 1.54. The van der Waals surface area contributed by atoms with Crippen molar-refractivity contribution in [2.75, 3.05) is 5.75 Å². The summed E-state index contributed by atoms with van der Waals surface area (Å²) in [5, 5.41) is 4.91. The standard InChI is InChI=1S/C26H25N3OS3/c1-2-32-22-14-12-18(13-15-22)24-19(17-28(27-24)20-8-4-3-5-9-20)16-23-25(30)29(26(31)33-23)21-10-6-7-11-21/h3-5,8-9,12-17,21H,2,6-7,10-11H2,1H3. The van der Waals surface area contributed by atoms with Gasteiger partial charge in [0.25, 0.3) is 5.91 Å². The molecule has 1 aromatic heterocycles. The fourth-order valence-electron chi connectivity index (χ4n) is 4.40. The van der Waals surface area contributed by atoms with Gasteiger partial charge in [0.05, 0.1) is 16.3 Å². The molecular weight excluding hydrogens is 467 g/mol. The van der Waals surface area contributed by atoms with Gasteiger partial charge in [-0.15, -0.1) is 11.8 Å². The number of carbonyl (C=O) groups is 1. The summed E-state index contributed by atoms with van der Waals surface area (Å²) in [4.78, 5) is 17.0. The zero-order valence-corrected chi connectivity index (χ0v) is 20.9. The predicted molar refractivity (Wildman–Crippen MR) is 143 cm³/mol. The first-order valence-corrected chi connectivity index (χ1v) is 13.5. The molecule has 0 spiro atoms. The fourth-order valence-corrected chi connectivity index (χ4v) is 6.46. The third-order valence-electron chi connectivity index (χ3n) is 6.00. The molecular formula is C26H25N3OS3. The lowest BCUT2D eigenvalue weighted by Gasteiger charge is -2.21. The summed E-state index contributed by atoms with van der Waals surface area (Å²) in [6, 6.07) is 18.8. The molecule has 1 saturated carbocycles. The van der Waals surface area contributed by atoms with E-state index in [1.54, 1.807) is 0 Å². The maximum absolute atomic E-state index is 13.3. The van der Waals surface area contributed by atoms with Gasteiger partial charge in [-0.2, -0.15) is 5.10 Å². The van der Waals surface area contributed by atoms with Gasteiger partial charge in [0.2, 0.25) is 0 Å². The molecule has 2 aliphatic rings. The van der Waals surface area contributed by atoms with Crippen LogP contribution >= 0.6 is 35.7 Å². The minimum absolute atomic E-state index is 0.0324. The molecule has 5 rings (SSSR count). The number of nitrogens with zero attached hydrogens (tertiary/aromatic N) is 3. The first-order valence-electron chi connectivity index (χ1n) is 11.3. The van der Waals surface area contributed by atoms with Crippen LogP contribution in [-0.2, 0) is 4.79 Å². The van der Waals surface area contributed by atoms with Crippen molar-refractivity contribution in [2.45, 2.75) is 43.5 Å². The molecule has 0 atom stereocenters. The fraction of sp³-hybridized carbons (Fsp3) is 0.269. The molecule has 1 amide bonds. The van der Waals surface area contributed by atoms with Crippen LogP contribution in [0, 0.1) is 0 Å². The Morgan fingerprint density at radius 2 is 1.85 bits per heavy atom. The van der Waals surface area contributed by atoms with E-state index in [0.29, 0.717) is 9.23 Å². The number of rotatable bonds is 6. The lowest BCUT2D eigenvalue weighted by Crippen LogP contribution is -2.36. The summed E-state index contributed by atoms with van der Waals surface area (Å²) in [6.45, 7) is 2.15. The number of carbonyl (C=O) groups excluding carboxylic acids is 1. The summed E-state index contributed by atoms with van der Waals surface area (Å²) < 4.78 is 2.56. The van der Waals surface area contributed by atoms with Crippen molar-refractivity contribution in [3.63, 3.8) is 0 Å². The number of aromatic nitrogens is 2. The largest absolute Gasteiger partial charge is 0.290 e. The molecule has 7 heteroatoms. The summed E-state index contributed by atoms with van der Waals surface area (Å²) >= 11 is 8.83. The minimum atomic E-state index is 0.0324. The second kappa shape index (κ2) is 9.87. The molecule has 2 aromatic carbocycles. The van der Waals surface area contributed by atoms with Crippen molar-refractivity contribution in [2.24, 2.45) is 0 Å². The Morgan fingerprint density at radius 1 is 1.12 bits per heavy atom. The molecule has 33 heavy (non-hydrogen) atoms. The number of thioether (sulfide) groups is 2. The predicted octanol–water partition coefficient (Wildman–Crippen LogP) is 6.80. The number of hydrogen-bond donors (Lipinski definition) is 0. The van der Waals surface area contributed by atoms with Crippen molar-refractivity contribution in [1.29, 1.82) is 0 Å². The molecule has 4 nitrogen and oxygen atoms in total. The molecule has 1 saturated heterocycles. The highest BCUT2D eigenvalue weighted by Gasteiger charge is 2.38. The van der Waals surface area contributed by atoms with Crippen LogP contribution in [0.1, 0.15) is 38.2 Å². The monoisotopic (exact) mass is 491 g/mol. The van der Waals surface area contributed by atoms with Gasteiger partial charge in [-0.3, -0.25) is 9.69 Å². The number of hydrogen-bond acceptors (Lipinski definition) is 5. The van der Waals surface area contributed by atoms with E-state index >= 15 is 0 Å². The van der Waals surface area contributed by atoms with Crippen molar-refractivity contribution in [3.8, 4) is 16.9 Å². The molecule has 2 fully saturated rings. The second-order valence-corrected chi connectivity index (χ2v) is 11.2. The lowest BCUT2D eigenvalue weighted by molar-refractivity contribution is -0.123. The molecule has 2 heterocycles. The van der Waals surface area contributed by atoms with E-state index in [1.807, 2.05) is 63.9 Å². The van der Waals surface area contributed by atoms with E-state index in [-0.39, 0.29) is 11.9 Å². The Labute approximate surface area is 208 Å². The highest BCUT2D eigenvalue weighted by atomic mass is 32.2. The summed E-state index contributed by atoms with van der Waals surface area (Å²) in [5.74, 6) is 1.07. The maximum Gasteiger partial charge on any atom is 0.266 e. The number of amides is 1. The average Bonchev–Trinajstić information content (AvgIpc) is 3.56. The van der Waals surface area contributed by atoms with Gasteiger partial charge in [0, 0.05) is 28.3 Å². The minimum Gasteiger partial charge on any atom is -0.290 e. The van der Waals surface area contributed by atoms with Crippen LogP contribution in [0.15, 0.2) is 70.6 Å². The van der Waals surface area contributed by atoms with Crippen LogP contribution in [0.5, 0.6) is 0 Å². The van der Waals surface area contributed by atoms with Gasteiger partial charge in [0.15, 0.2) is 0 Å². The first kappa shape index (κ1) is 22.4. The van der Waals surface area contributed by atoms with E-state index in [4.69, 9.17) is 17.3 Å². The number of thiocarbonyl (C=S) groups is 1. The zero-order chi connectivity index (χ0) is 22.8. The molecule has 168 valence electrons. The van der Waals surface area contributed by atoms with E-state index in [1.165, 1.54) is 29.5 Å². The second-order valence-electron chi connectivity index (χ2n) is 8.16. The Kier molecular flexibility index (Phi) is 6.71. The maximum atomic E-state index is 13.3. The third kappa shape index (κ3) is 4.67. The highest BCUT2D eigenvalue weighted by Crippen LogP contribution is 2.39. The van der Waals surface area contributed by atoms with Gasteiger partial charge in [-0.25, -0.2) is 4.68 Å². The Hall–Kier alpha value is -2.35. The molecule has 3 aromatic rings. The van der Waals surface area contributed by atoms with E-state index in [0.717, 1.165) is 41.1 Å². The van der Waals surface area contributed by atoms with Crippen LogP contribution in [-0.4, -0.2) is 36.7 Å². The van der Waals surface area contributed by atoms with Crippen molar-refractivity contribution < 1.29 is 4.79 Å². The van der Waals surface area contributed by atoms with E-state index in [9.17, 15) is 4.79 Å². The van der Waals surface area contributed by atoms with E-state index in [2.05, 4.69) is 31.2 Å². The highest BCUT2D eigenvalue weighted by molar-refractivity contribution is 8.26. The third-order valence-corrected chi connectivity index (χ3v) is 8.23. The van der Waals surface area contributed by atoms with Crippen LogP contribution in [0.4, 0.5) is 0 Å². The summed E-state index contributed by atoms with van der Waals surface area (Å²) in [5.41, 5.74) is 3.79. The van der Waals surface area contributed by atoms with Crippen LogP contribution < -0.4 is 0 Å².